The molecule has 5 heteroatoms. The number of anilines is 2. The smallest absolute Gasteiger partial charge is 0.224 e. The molecule has 2 rings (SSSR count). The van der Waals surface area contributed by atoms with Crippen LogP contribution in [0.25, 0.3) is 0 Å². The summed E-state index contributed by atoms with van der Waals surface area (Å²) in [5.41, 5.74) is 7.91. The number of fused-ring (bicyclic) bond motifs is 1. The molecule has 0 amide bonds. The Kier molecular flexibility index (Phi) is 2.02. The summed E-state index contributed by atoms with van der Waals surface area (Å²) < 4.78 is 0. The normalized spacial score (nSPS) is 15.2. The van der Waals surface area contributed by atoms with E-state index in [1.807, 2.05) is 0 Å². The van der Waals surface area contributed by atoms with E-state index >= 15 is 0 Å². The van der Waals surface area contributed by atoms with Gasteiger partial charge in [-0.05, 0) is 13.0 Å². The van der Waals surface area contributed by atoms with Crippen molar-refractivity contribution in [1.29, 1.82) is 0 Å². The topological polar surface area (TPSA) is 75.9 Å². The van der Waals surface area contributed by atoms with E-state index in [1.165, 1.54) is 0 Å². The van der Waals surface area contributed by atoms with Gasteiger partial charge in [0, 0.05) is 19.2 Å². The summed E-state index contributed by atoms with van der Waals surface area (Å²) in [4.78, 5) is 8.46. The fraction of sp³-hybridized carbons (Fsp3) is 0.500. The molecule has 0 radical (unpaired) electrons. The van der Waals surface area contributed by atoms with E-state index in [0.29, 0.717) is 11.8 Å². The van der Waals surface area contributed by atoms with Crippen LogP contribution in [-0.4, -0.2) is 23.6 Å². The monoisotopic (exact) mass is 179 g/mol. The Morgan fingerprint density at radius 3 is 3.08 bits per heavy atom. The highest BCUT2D eigenvalue weighted by Gasteiger charge is 2.14. The van der Waals surface area contributed by atoms with E-state index in [-0.39, 0.29) is 0 Å². The van der Waals surface area contributed by atoms with Crippen molar-refractivity contribution in [1.82, 2.24) is 15.3 Å². The van der Waals surface area contributed by atoms with Gasteiger partial charge in [0.05, 0.1) is 5.69 Å². The summed E-state index contributed by atoms with van der Waals surface area (Å²) in [5.74, 6) is 1.20. The number of nitrogen functional groups attached to an aromatic ring is 1. The molecule has 4 N–H and O–H groups in total. The fourth-order valence-corrected chi connectivity index (χ4v) is 1.50. The molecule has 0 aromatic carbocycles. The minimum Gasteiger partial charge on any atom is -0.383 e. The van der Waals surface area contributed by atoms with Crippen molar-refractivity contribution in [2.45, 2.75) is 13.0 Å². The average molecular weight is 179 g/mol. The maximum absolute atomic E-state index is 5.80. The van der Waals surface area contributed by atoms with Crippen molar-refractivity contribution in [2.24, 2.45) is 0 Å². The van der Waals surface area contributed by atoms with Crippen LogP contribution in [0.2, 0.25) is 0 Å². The van der Waals surface area contributed by atoms with Gasteiger partial charge in [0.15, 0.2) is 0 Å². The van der Waals surface area contributed by atoms with Crippen LogP contribution in [0.15, 0.2) is 0 Å². The van der Waals surface area contributed by atoms with Crippen LogP contribution >= 0.6 is 0 Å². The van der Waals surface area contributed by atoms with Gasteiger partial charge in [-0.3, -0.25) is 0 Å². The van der Waals surface area contributed by atoms with Crippen molar-refractivity contribution in [3.8, 4) is 0 Å². The average Bonchev–Trinajstić information content (AvgIpc) is 2.18. The lowest BCUT2D eigenvalue weighted by molar-refractivity contribution is 0.626. The molecule has 1 aromatic rings. The van der Waals surface area contributed by atoms with Gasteiger partial charge in [-0.25, -0.2) is 4.98 Å². The van der Waals surface area contributed by atoms with Gasteiger partial charge in [0.25, 0.3) is 0 Å². The molecule has 1 aromatic heterocycles. The summed E-state index contributed by atoms with van der Waals surface area (Å²) in [7, 11) is 1.79. The first kappa shape index (κ1) is 8.25. The zero-order valence-electron chi connectivity index (χ0n) is 7.59. The maximum Gasteiger partial charge on any atom is 0.224 e. The third-order valence-electron chi connectivity index (χ3n) is 2.19. The van der Waals surface area contributed by atoms with Gasteiger partial charge in [-0.2, -0.15) is 4.98 Å². The Bertz CT molecular complexity index is 323. The van der Waals surface area contributed by atoms with Gasteiger partial charge in [-0.1, -0.05) is 0 Å². The minimum atomic E-state index is 0.597. The Morgan fingerprint density at radius 1 is 1.46 bits per heavy atom. The maximum atomic E-state index is 5.80. The van der Waals surface area contributed by atoms with Crippen molar-refractivity contribution in [3.63, 3.8) is 0 Å². The lowest BCUT2D eigenvalue weighted by atomic mass is 10.1. The van der Waals surface area contributed by atoms with Crippen LogP contribution in [0.4, 0.5) is 11.8 Å². The van der Waals surface area contributed by atoms with Crippen LogP contribution in [0.1, 0.15) is 11.3 Å². The molecular weight excluding hydrogens is 166 g/mol. The van der Waals surface area contributed by atoms with Crippen molar-refractivity contribution >= 4 is 11.8 Å². The van der Waals surface area contributed by atoms with Gasteiger partial charge in [-0.15, -0.1) is 0 Å². The first-order chi connectivity index (χ1) is 6.31. The molecule has 0 saturated carbocycles. The van der Waals surface area contributed by atoms with E-state index in [4.69, 9.17) is 5.73 Å². The highest BCUT2D eigenvalue weighted by Crippen LogP contribution is 2.18. The number of nitrogens with zero attached hydrogens (tertiary/aromatic N) is 2. The summed E-state index contributed by atoms with van der Waals surface area (Å²) >= 11 is 0. The van der Waals surface area contributed by atoms with E-state index in [0.717, 1.165) is 30.8 Å². The molecule has 0 unspecified atom stereocenters. The lowest BCUT2D eigenvalue weighted by Crippen LogP contribution is -2.26. The second-order valence-corrected chi connectivity index (χ2v) is 3.03. The zero-order chi connectivity index (χ0) is 9.26. The number of rotatable bonds is 1. The Labute approximate surface area is 76.8 Å². The van der Waals surface area contributed by atoms with Gasteiger partial charge >= 0.3 is 0 Å². The summed E-state index contributed by atoms with van der Waals surface area (Å²) in [6.07, 6.45) is 0.922. The minimum absolute atomic E-state index is 0.597. The SMILES string of the molecule is CNc1nc(N)c2c(n1)CNCC2. The predicted octanol–water partition coefficient (Wildman–Crippen LogP) is -0.254. The Morgan fingerprint density at radius 2 is 2.31 bits per heavy atom. The molecule has 1 aliphatic rings. The van der Waals surface area contributed by atoms with E-state index in [9.17, 15) is 0 Å². The van der Waals surface area contributed by atoms with Crippen LogP contribution in [0, 0.1) is 0 Å². The number of hydrogen-bond donors (Lipinski definition) is 3. The summed E-state index contributed by atoms with van der Waals surface area (Å²) in [6, 6.07) is 0. The third kappa shape index (κ3) is 1.42. The van der Waals surface area contributed by atoms with Crippen LogP contribution in [0.3, 0.4) is 0 Å². The molecule has 70 valence electrons. The summed E-state index contributed by atoms with van der Waals surface area (Å²) in [5, 5.41) is 6.13. The van der Waals surface area contributed by atoms with Gasteiger partial charge in [0.1, 0.15) is 5.82 Å². The van der Waals surface area contributed by atoms with Gasteiger partial charge in [0.2, 0.25) is 5.95 Å². The summed E-state index contributed by atoms with van der Waals surface area (Å²) in [6.45, 7) is 1.75. The van der Waals surface area contributed by atoms with Crippen LogP contribution in [0.5, 0.6) is 0 Å². The standard InChI is InChI=1S/C8H13N5/c1-10-8-12-6-4-11-3-2-5(6)7(9)13-8/h11H,2-4H2,1H3,(H3,9,10,12,13). The fourth-order valence-electron chi connectivity index (χ4n) is 1.50. The molecule has 0 spiro atoms. The Hall–Kier alpha value is -1.36. The lowest BCUT2D eigenvalue weighted by Gasteiger charge is -2.17. The first-order valence-electron chi connectivity index (χ1n) is 4.35. The number of hydrogen-bond acceptors (Lipinski definition) is 5. The predicted molar refractivity (Wildman–Crippen MR) is 51.4 cm³/mol. The molecule has 0 saturated heterocycles. The van der Waals surface area contributed by atoms with Crippen molar-refractivity contribution in [2.75, 3.05) is 24.6 Å². The molecule has 0 fully saturated rings. The third-order valence-corrected chi connectivity index (χ3v) is 2.19. The highest BCUT2D eigenvalue weighted by atomic mass is 15.1. The molecule has 5 nitrogen and oxygen atoms in total. The van der Waals surface area contributed by atoms with E-state index in [2.05, 4.69) is 20.6 Å². The highest BCUT2D eigenvalue weighted by molar-refractivity contribution is 5.47. The molecule has 0 atom stereocenters. The zero-order valence-corrected chi connectivity index (χ0v) is 7.59. The quantitative estimate of drug-likeness (QED) is 0.554. The molecule has 1 aliphatic heterocycles. The van der Waals surface area contributed by atoms with Crippen LogP contribution in [-0.2, 0) is 13.0 Å². The number of nitrogens with one attached hydrogen (secondary N) is 2. The number of nitrogens with two attached hydrogens (primary N) is 1. The number of aromatic nitrogens is 2. The van der Waals surface area contributed by atoms with E-state index in [1.54, 1.807) is 7.05 Å². The van der Waals surface area contributed by atoms with Crippen LogP contribution < -0.4 is 16.4 Å². The second-order valence-electron chi connectivity index (χ2n) is 3.03. The van der Waals surface area contributed by atoms with Crippen molar-refractivity contribution in [3.05, 3.63) is 11.3 Å². The largest absolute Gasteiger partial charge is 0.383 e. The molecule has 0 bridgehead atoms. The van der Waals surface area contributed by atoms with E-state index < -0.39 is 0 Å². The Balaban J connectivity index is 2.47. The molecule has 2 heterocycles. The first-order valence-corrected chi connectivity index (χ1v) is 4.35. The van der Waals surface area contributed by atoms with Crippen molar-refractivity contribution < 1.29 is 0 Å². The van der Waals surface area contributed by atoms with Gasteiger partial charge < -0.3 is 16.4 Å². The molecular formula is C8H13N5. The molecule has 0 aliphatic carbocycles. The molecule has 13 heavy (non-hydrogen) atoms. The second kappa shape index (κ2) is 3.18.